The van der Waals surface area contributed by atoms with Crippen LogP contribution in [0.4, 0.5) is 0 Å². The van der Waals surface area contributed by atoms with Crippen LogP contribution in [0.3, 0.4) is 0 Å². The van der Waals surface area contributed by atoms with E-state index in [-0.39, 0.29) is 36.5 Å². The standard InChI is InChI=1S/C54H86NO14P/c1-32-19-15-14-16-20-33(2)45(64-9)30-41-24-22-37(6)54(62,68-41)51(59)52(60)55-26-18-17-21-42(55)53(61)67-46(35(4)28-40-23-25-44(47(29-40)65-10)69-70(12,13)63)31-43(56)34(3)27-36(5)48(57)50(66-11)49(58)39(8)38(32)7/h14-16,19-20,27,32,34-35,37-42,44-48,50,57,62H,17-18,21-26,28-31H2,1-13H3/b16-14+,19-15+,33-20+,36-27+/t32-,34-,35-,37-,38?,39-,40+,41+,42+,44-,45+,46+,47-,48-,50-,54-/m1/s1/i9D3,12D3,22D2,32D,38D/t32-,34-,35-,37-,38?,39-,40+,41+,42+,44-,45+,46+,47-,48-,50-,54-,70?. The molecule has 17 atom stereocenters. The number of Topliss-reactive ketones (excluding diaryl/α,β-unsaturated/α-hetero) is 3. The number of rotatable bonds is 8. The third-order valence-electron chi connectivity index (χ3n) is 14.7. The summed E-state index contributed by atoms with van der Waals surface area (Å²) in [5.41, 5.74) is 0.453. The van der Waals surface area contributed by atoms with Gasteiger partial charge in [0.1, 0.15) is 30.1 Å². The fraction of sp³-hybridized carbons (Fsp3) is 0.759. The topological polar surface area (TPSA) is 201 Å². The lowest BCUT2D eigenvalue weighted by atomic mass is 9.78. The molecular formula is C54H86NO14P. The van der Waals surface area contributed by atoms with Gasteiger partial charge in [-0.1, -0.05) is 78.0 Å². The van der Waals surface area contributed by atoms with Crippen LogP contribution in [0.25, 0.3) is 0 Å². The molecule has 4 aliphatic rings. The first-order valence-corrected chi connectivity index (χ1v) is 26.6. The number of aliphatic hydroxyl groups is 2. The fourth-order valence-electron chi connectivity index (χ4n) is 9.91. The molecule has 3 aliphatic heterocycles. The average molecular weight is 1010 g/mol. The molecular weight excluding hydrogens is 918 g/mol. The zero-order valence-electron chi connectivity index (χ0n) is 52.9. The first-order chi connectivity index (χ1) is 36.7. The SMILES string of the molecule is [2H]C([2H])([2H])O[C@H]1C[C@@H]2CC([2H])([2H])[C@@H](C)[C@@](O)(O2)C(=O)C(=O)N2CCCC[C@H]2C(=O)O[C@H]([C@H](C)C[C@@H]2CC[C@@H](OP(C)(=O)C([2H])([2H])[2H])[C@H](OC)C2)CC(=O)[C@H](C)/C=C(\C)[C@@H](O)[C@@H](OC)C(=O)[C@H](C)C([2H])(C)[C@]([2H])(C)/C=C/C=C/C=C/1C. The lowest BCUT2D eigenvalue weighted by Crippen LogP contribution is -2.61. The number of carbonyl (C=O) groups is 5. The molecule has 15 nitrogen and oxygen atoms in total. The number of nitrogens with zero attached hydrogens (tertiary/aromatic N) is 1. The summed E-state index contributed by atoms with van der Waals surface area (Å²) in [4.78, 5) is 73.2. The highest BCUT2D eigenvalue weighted by Crippen LogP contribution is 2.45. The number of esters is 1. The molecule has 3 heterocycles. The van der Waals surface area contributed by atoms with E-state index in [1.165, 1.54) is 92.2 Å². The minimum absolute atomic E-state index is 0.000868. The van der Waals surface area contributed by atoms with Crippen molar-refractivity contribution in [1.29, 1.82) is 0 Å². The quantitative estimate of drug-likeness (QED) is 0.103. The minimum Gasteiger partial charge on any atom is -0.460 e. The molecule has 396 valence electrons. The Bertz CT molecular complexity index is 2390. The molecule has 1 amide bonds. The van der Waals surface area contributed by atoms with Crippen molar-refractivity contribution in [3.8, 4) is 0 Å². The van der Waals surface area contributed by atoms with E-state index in [4.69, 9.17) is 39.2 Å². The van der Waals surface area contributed by atoms with Crippen molar-refractivity contribution >= 4 is 36.6 Å². The van der Waals surface area contributed by atoms with Gasteiger partial charge in [-0.05, 0) is 106 Å². The molecule has 0 aromatic heterocycles. The van der Waals surface area contributed by atoms with Gasteiger partial charge in [0.15, 0.2) is 13.2 Å². The smallest absolute Gasteiger partial charge is 0.329 e. The first-order valence-electron chi connectivity index (χ1n) is 29.6. The van der Waals surface area contributed by atoms with Gasteiger partial charge in [-0.2, -0.15) is 0 Å². The number of fused-ring (bicyclic) bond motifs is 3. The van der Waals surface area contributed by atoms with Gasteiger partial charge in [0.05, 0.1) is 28.5 Å². The molecule has 0 radical (unpaired) electrons. The second kappa shape index (κ2) is 26.7. The number of cyclic esters (lactones) is 1. The molecule has 4 rings (SSSR count). The lowest BCUT2D eigenvalue weighted by molar-refractivity contribution is -0.265. The average Bonchev–Trinajstić information content (AvgIpc) is 3.35. The summed E-state index contributed by atoms with van der Waals surface area (Å²) in [6, 6.07) is -1.42. The van der Waals surface area contributed by atoms with E-state index in [0.29, 0.717) is 32.1 Å². The molecule has 0 aromatic rings. The van der Waals surface area contributed by atoms with Gasteiger partial charge in [-0.3, -0.25) is 23.7 Å². The molecule has 2 bridgehead atoms. The molecule has 2 unspecified atom stereocenters. The number of amides is 1. The van der Waals surface area contributed by atoms with Crippen LogP contribution in [0.2, 0.25) is 0 Å². The molecule has 2 saturated heterocycles. The van der Waals surface area contributed by atoms with Crippen LogP contribution in [0, 0.1) is 41.4 Å². The molecule has 2 N–H and O–H groups in total. The van der Waals surface area contributed by atoms with Crippen molar-refractivity contribution in [3.63, 3.8) is 0 Å². The van der Waals surface area contributed by atoms with Gasteiger partial charge >= 0.3 is 5.97 Å². The number of aliphatic hydroxyl groups excluding tert-OH is 1. The van der Waals surface area contributed by atoms with E-state index >= 15 is 0 Å². The summed E-state index contributed by atoms with van der Waals surface area (Å²) < 4.78 is 131. The summed E-state index contributed by atoms with van der Waals surface area (Å²) in [7, 11) is -4.43. The predicted molar refractivity (Wildman–Crippen MR) is 268 cm³/mol. The zero-order valence-corrected chi connectivity index (χ0v) is 43.8. The van der Waals surface area contributed by atoms with Gasteiger partial charge in [-0.25, -0.2) is 4.79 Å². The Morgan fingerprint density at radius 1 is 0.957 bits per heavy atom. The van der Waals surface area contributed by atoms with Gasteiger partial charge in [0, 0.05) is 81.3 Å². The lowest BCUT2D eigenvalue weighted by Gasteiger charge is -2.42. The van der Waals surface area contributed by atoms with E-state index in [9.17, 15) is 41.5 Å². The van der Waals surface area contributed by atoms with Gasteiger partial charge in [-0.15, -0.1) is 0 Å². The number of allylic oxidation sites excluding steroid dienone is 6. The molecule has 3 fully saturated rings. The van der Waals surface area contributed by atoms with Crippen LogP contribution < -0.4 is 0 Å². The van der Waals surface area contributed by atoms with Crippen LogP contribution in [-0.4, -0.2) is 140 Å². The third-order valence-corrected chi connectivity index (χ3v) is 15.4. The Hall–Kier alpha value is -3.14. The summed E-state index contributed by atoms with van der Waals surface area (Å²) in [6.07, 6.45) is -1.32. The second-order valence-corrected chi connectivity index (χ2v) is 21.9. The van der Waals surface area contributed by atoms with Gasteiger partial charge in [0.2, 0.25) is 5.79 Å². The highest BCUT2D eigenvalue weighted by Gasteiger charge is 2.53. The Kier molecular flexibility index (Phi) is 17.3. The van der Waals surface area contributed by atoms with E-state index < -0.39 is 166 Å². The number of ether oxygens (including phenoxy) is 5. The number of hydrogen-bond donors (Lipinski definition) is 2. The maximum absolute atomic E-state index is 14.6. The van der Waals surface area contributed by atoms with E-state index in [0.717, 1.165) is 11.6 Å². The van der Waals surface area contributed by atoms with E-state index in [2.05, 4.69) is 0 Å². The van der Waals surface area contributed by atoms with Crippen LogP contribution in [-0.2, 0) is 56.7 Å². The van der Waals surface area contributed by atoms with E-state index in [1.54, 1.807) is 13.8 Å². The van der Waals surface area contributed by atoms with Crippen LogP contribution in [0.15, 0.2) is 47.6 Å². The number of hydrogen-bond acceptors (Lipinski definition) is 14. The Morgan fingerprint density at radius 2 is 1.69 bits per heavy atom. The van der Waals surface area contributed by atoms with Gasteiger partial charge < -0.3 is 43.3 Å². The number of methoxy groups -OCH3 is 3. The summed E-state index contributed by atoms with van der Waals surface area (Å²) in [5, 5.41) is 23.8. The third kappa shape index (κ3) is 15.7. The molecule has 0 aromatic carbocycles. The van der Waals surface area contributed by atoms with Crippen molar-refractivity contribution in [1.82, 2.24) is 4.90 Å². The summed E-state index contributed by atoms with van der Waals surface area (Å²) >= 11 is 0. The Labute approximate surface area is 432 Å². The monoisotopic (exact) mass is 1010 g/mol. The fourth-order valence-corrected chi connectivity index (χ4v) is 10.7. The highest BCUT2D eigenvalue weighted by molar-refractivity contribution is 7.57. The zero-order chi connectivity index (χ0) is 60.9. The number of carbonyl (C=O) groups excluding carboxylic acids is 5. The maximum Gasteiger partial charge on any atom is 0.329 e. The highest BCUT2D eigenvalue weighted by atomic mass is 31.2. The largest absolute Gasteiger partial charge is 0.460 e. The predicted octanol–water partition coefficient (Wildman–Crippen LogP) is 7.99. The molecule has 16 heteroatoms. The van der Waals surface area contributed by atoms with Crippen LogP contribution >= 0.6 is 7.37 Å². The normalized spacial score (nSPS) is 45.7. The van der Waals surface area contributed by atoms with Crippen molar-refractivity contribution in [2.45, 2.75) is 181 Å². The first kappa shape index (κ1) is 45.5. The van der Waals surface area contributed by atoms with Crippen LogP contribution in [0.5, 0.6) is 0 Å². The molecule has 1 saturated carbocycles. The number of piperidine rings is 1. The van der Waals surface area contributed by atoms with Crippen LogP contribution in [0.1, 0.15) is 140 Å². The van der Waals surface area contributed by atoms with E-state index in [1.807, 2.05) is 0 Å². The summed E-state index contributed by atoms with van der Waals surface area (Å²) in [5.74, 6) is -16.3. The van der Waals surface area contributed by atoms with Gasteiger partial charge in [0.25, 0.3) is 11.7 Å². The second-order valence-electron chi connectivity index (χ2n) is 20.0. The minimum atomic E-state index is -4.07. The Balaban J connectivity index is 1.82. The maximum atomic E-state index is 14.6. The summed E-state index contributed by atoms with van der Waals surface area (Å²) in [6.45, 7) is 9.87. The number of ketones is 3. The molecule has 0 spiro atoms. The Morgan fingerprint density at radius 3 is 2.36 bits per heavy atom. The van der Waals surface area contributed by atoms with Crippen molar-refractivity contribution < 1.29 is 80.7 Å². The molecule has 1 aliphatic carbocycles. The van der Waals surface area contributed by atoms with Crippen molar-refractivity contribution in [2.75, 3.05) is 41.1 Å². The van der Waals surface area contributed by atoms with Crippen molar-refractivity contribution in [3.05, 3.63) is 47.6 Å². The van der Waals surface area contributed by atoms with Crippen molar-refractivity contribution in [2.24, 2.45) is 41.4 Å². The molecule has 70 heavy (non-hydrogen) atoms.